The predicted octanol–water partition coefficient (Wildman–Crippen LogP) is 4.46. The van der Waals surface area contributed by atoms with Crippen LogP contribution in [0.25, 0.3) is 22.3 Å². The molecule has 0 aliphatic rings. The Labute approximate surface area is 164 Å². The van der Waals surface area contributed by atoms with Crippen LogP contribution in [0.5, 0.6) is 0 Å². The van der Waals surface area contributed by atoms with Crippen LogP contribution in [0, 0.1) is 5.82 Å². The van der Waals surface area contributed by atoms with Crippen LogP contribution in [0.2, 0.25) is 0 Å². The predicted molar refractivity (Wildman–Crippen MR) is 106 cm³/mol. The summed E-state index contributed by atoms with van der Waals surface area (Å²) in [6.45, 7) is 3.89. The Morgan fingerprint density at radius 1 is 1.11 bits per heavy atom. The number of hydrogen-bond acceptors (Lipinski definition) is 6. The fraction of sp³-hybridized carbons (Fsp3) is 0.200. The molecule has 0 saturated heterocycles. The lowest BCUT2D eigenvalue weighted by Crippen LogP contribution is -2.25. The molecule has 8 heteroatoms. The molecule has 0 unspecified atom stereocenters. The summed E-state index contributed by atoms with van der Waals surface area (Å²) in [5.41, 5.74) is 1.26. The smallest absolute Gasteiger partial charge is 0.262 e. The number of thioether (sulfide) groups is 1. The molecule has 6 nitrogen and oxygen atoms in total. The van der Waals surface area contributed by atoms with Gasteiger partial charge in [0.1, 0.15) is 5.82 Å². The van der Waals surface area contributed by atoms with Gasteiger partial charge in [0, 0.05) is 11.6 Å². The first-order valence-corrected chi connectivity index (χ1v) is 9.74. The number of rotatable bonds is 5. The number of aromatic nitrogens is 4. The quantitative estimate of drug-likeness (QED) is 0.366. The minimum Gasteiger partial charge on any atom is -0.338 e. The normalized spacial score (nSPS) is 11.4. The topological polar surface area (TPSA) is 73.8 Å². The second-order valence-corrected chi connectivity index (χ2v) is 7.43. The highest BCUT2D eigenvalue weighted by atomic mass is 32.2. The van der Waals surface area contributed by atoms with Gasteiger partial charge in [-0.3, -0.25) is 9.36 Å². The first-order chi connectivity index (χ1) is 13.5. The molecule has 2 aromatic carbocycles. The number of benzene rings is 2. The molecule has 0 N–H and O–H groups in total. The maximum Gasteiger partial charge on any atom is 0.262 e. The van der Waals surface area contributed by atoms with E-state index in [0.29, 0.717) is 39.1 Å². The van der Waals surface area contributed by atoms with E-state index in [-0.39, 0.29) is 17.4 Å². The van der Waals surface area contributed by atoms with Gasteiger partial charge in [-0.2, -0.15) is 4.98 Å². The first-order valence-electron chi connectivity index (χ1n) is 8.75. The van der Waals surface area contributed by atoms with Crippen LogP contribution in [-0.2, 0) is 5.75 Å². The van der Waals surface area contributed by atoms with Crippen LogP contribution in [-0.4, -0.2) is 19.7 Å². The molecule has 0 amide bonds. The van der Waals surface area contributed by atoms with Gasteiger partial charge in [-0.15, -0.1) is 0 Å². The van der Waals surface area contributed by atoms with E-state index in [2.05, 4.69) is 15.1 Å². The Kier molecular flexibility index (Phi) is 4.95. The van der Waals surface area contributed by atoms with E-state index in [0.717, 1.165) is 0 Å². The monoisotopic (exact) mass is 396 g/mol. The zero-order chi connectivity index (χ0) is 19.7. The van der Waals surface area contributed by atoms with E-state index in [9.17, 15) is 9.18 Å². The van der Waals surface area contributed by atoms with Gasteiger partial charge in [0.25, 0.3) is 5.56 Å². The molecule has 4 rings (SSSR count). The lowest BCUT2D eigenvalue weighted by Gasteiger charge is -2.15. The van der Waals surface area contributed by atoms with Crippen molar-refractivity contribution in [1.82, 2.24) is 19.7 Å². The Morgan fingerprint density at radius 2 is 1.86 bits per heavy atom. The molecule has 142 valence electrons. The van der Waals surface area contributed by atoms with Crippen molar-refractivity contribution in [2.75, 3.05) is 0 Å². The summed E-state index contributed by atoms with van der Waals surface area (Å²) in [5.74, 6) is 0.841. The second kappa shape index (κ2) is 7.55. The molecule has 0 saturated carbocycles. The molecule has 4 aromatic rings. The summed E-state index contributed by atoms with van der Waals surface area (Å²) in [6, 6.07) is 13.1. The molecule has 2 aromatic heterocycles. The SMILES string of the molecule is CC(C)n1c(SCc2nc(-c3ccc(F)cc3)no2)nc2ccccc2c1=O. The third-order valence-electron chi connectivity index (χ3n) is 4.19. The van der Waals surface area contributed by atoms with Gasteiger partial charge in [-0.05, 0) is 50.2 Å². The second-order valence-electron chi connectivity index (χ2n) is 6.49. The van der Waals surface area contributed by atoms with Gasteiger partial charge in [0.2, 0.25) is 11.7 Å². The van der Waals surface area contributed by atoms with Gasteiger partial charge in [0.15, 0.2) is 5.16 Å². The van der Waals surface area contributed by atoms with Gasteiger partial charge in [0.05, 0.1) is 16.7 Å². The number of para-hydroxylation sites is 1. The molecular weight excluding hydrogens is 379 g/mol. The average molecular weight is 396 g/mol. The van der Waals surface area contributed by atoms with E-state index in [1.807, 2.05) is 32.0 Å². The number of hydrogen-bond donors (Lipinski definition) is 0. The lowest BCUT2D eigenvalue weighted by molar-refractivity contribution is 0.391. The molecule has 0 radical (unpaired) electrons. The van der Waals surface area contributed by atoms with Crippen molar-refractivity contribution in [3.8, 4) is 11.4 Å². The molecule has 0 spiro atoms. The minimum absolute atomic E-state index is 0.0374. The largest absolute Gasteiger partial charge is 0.338 e. The van der Waals surface area contributed by atoms with Gasteiger partial charge in [-0.1, -0.05) is 29.1 Å². The van der Waals surface area contributed by atoms with Crippen molar-refractivity contribution < 1.29 is 8.91 Å². The third kappa shape index (κ3) is 3.55. The summed E-state index contributed by atoms with van der Waals surface area (Å²) >= 11 is 1.36. The van der Waals surface area contributed by atoms with Crippen molar-refractivity contribution in [2.45, 2.75) is 30.8 Å². The molecule has 2 heterocycles. The molecular formula is C20H17FN4O2S. The summed E-state index contributed by atoms with van der Waals surface area (Å²) < 4.78 is 20.0. The Balaban J connectivity index is 1.62. The Morgan fingerprint density at radius 3 is 2.61 bits per heavy atom. The van der Waals surface area contributed by atoms with E-state index in [1.54, 1.807) is 22.8 Å². The third-order valence-corrected chi connectivity index (χ3v) is 5.12. The van der Waals surface area contributed by atoms with Crippen LogP contribution in [0.1, 0.15) is 25.8 Å². The lowest BCUT2D eigenvalue weighted by atomic mass is 10.2. The molecule has 0 bridgehead atoms. The Hall–Kier alpha value is -3.00. The number of nitrogens with zero attached hydrogens (tertiary/aromatic N) is 4. The molecule has 0 aliphatic carbocycles. The molecule has 28 heavy (non-hydrogen) atoms. The van der Waals surface area contributed by atoms with Crippen molar-refractivity contribution in [1.29, 1.82) is 0 Å². The van der Waals surface area contributed by atoms with E-state index in [1.165, 1.54) is 23.9 Å². The molecule has 0 atom stereocenters. The van der Waals surface area contributed by atoms with Crippen molar-refractivity contribution in [2.24, 2.45) is 0 Å². The standard InChI is InChI=1S/C20H17FN4O2S/c1-12(2)25-19(26)15-5-3-4-6-16(15)22-20(25)28-11-17-23-18(24-27-17)13-7-9-14(21)10-8-13/h3-10,12H,11H2,1-2H3. The van der Waals surface area contributed by atoms with Crippen LogP contribution in [0.4, 0.5) is 4.39 Å². The van der Waals surface area contributed by atoms with Crippen LogP contribution >= 0.6 is 11.8 Å². The highest BCUT2D eigenvalue weighted by Gasteiger charge is 2.16. The fourth-order valence-electron chi connectivity index (χ4n) is 2.84. The van der Waals surface area contributed by atoms with E-state index >= 15 is 0 Å². The zero-order valence-corrected chi connectivity index (χ0v) is 16.1. The van der Waals surface area contributed by atoms with Crippen LogP contribution in [0.15, 0.2) is 63.0 Å². The molecule has 0 fully saturated rings. The minimum atomic E-state index is -0.322. The zero-order valence-electron chi connectivity index (χ0n) is 15.3. The average Bonchev–Trinajstić information content (AvgIpc) is 3.16. The summed E-state index contributed by atoms with van der Waals surface area (Å²) in [4.78, 5) is 21.8. The summed E-state index contributed by atoms with van der Waals surface area (Å²) in [5, 5.41) is 5.13. The fourth-order valence-corrected chi connectivity index (χ4v) is 3.80. The van der Waals surface area contributed by atoms with E-state index in [4.69, 9.17) is 4.52 Å². The van der Waals surface area contributed by atoms with Gasteiger partial charge < -0.3 is 4.52 Å². The first kappa shape index (κ1) is 18.4. The van der Waals surface area contributed by atoms with E-state index < -0.39 is 0 Å². The Bertz CT molecular complexity index is 1190. The van der Waals surface area contributed by atoms with Crippen molar-refractivity contribution in [3.63, 3.8) is 0 Å². The van der Waals surface area contributed by atoms with Gasteiger partial charge in [-0.25, -0.2) is 9.37 Å². The summed E-state index contributed by atoms with van der Waals surface area (Å²) in [6.07, 6.45) is 0. The summed E-state index contributed by atoms with van der Waals surface area (Å²) in [7, 11) is 0. The van der Waals surface area contributed by atoms with Crippen molar-refractivity contribution in [3.05, 3.63) is 70.6 Å². The molecule has 0 aliphatic heterocycles. The maximum atomic E-state index is 13.1. The highest BCUT2D eigenvalue weighted by Crippen LogP contribution is 2.25. The highest BCUT2D eigenvalue weighted by molar-refractivity contribution is 7.98. The van der Waals surface area contributed by atoms with Crippen LogP contribution < -0.4 is 5.56 Å². The number of halogens is 1. The maximum absolute atomic E-state index is 13.1. The van der Waals surface area contributed by atoms with Gasteiger partial charge >= 0.3 is 0 Å². The van der Waals surface area contributed by atoms with Crippen LogP contribution in [0.3, 0.4) is 0 Å². The number of fused-ring (bicyclic) bond motifs is 1. The van der Waals surface area contributed by atoms with Crippen molar-refractivity contribution >= 4 is 22.7 Å².